The SMILES string of the molecule is CNC(=S)N(C)C1C[C@@H]2O[C@](C)(C1OC)n1c3ccccc3c3c4c(c5c6ccccc6n2c5c31)C(=O)NC4. The smallest absolute Gasteiger partial charge is 0.252 e. The van der Waals surface area contributed by atoms with Crippen molar-refractivity contribution >= 4 is 66.8 Å². The Labute approximate surface area is 230 Å². The lowest BCUT2D eigenvalue weighted by molar-refractivity contribution is -0.263. The maximum absolute atomic E-state index is 13.5. The number of methoxy groups -OCH3 is 1. The lowest BCUT2D eigenvalue weighted by atomic mass is 9.92. The number of fused-ring (bicyclic) bond motifs is 13. The first kappa shape index (κ1) is 23.2. The summed E-state index contributed by atoms with van der Waals surface area (Å²) < 4.78 is 18.2. The summed E-state index contributed by atoms with van der Waals surface area (Å²) in [5, 5.41) is 11.2. The molecule has 2 bridgehead atoms. The molecule has 5 heterocycles. The van der Waals surface area contributed by atoms with E-state index in [9.17, 15) is 4.79 Å². The van der Waals surface area contributed by atoms with Gasteiger partial charge in [0.1, 0.15) is 12.3 Å². The van der Waals surface area contributed by atoms with Crippen LogP contribution in [-0.4, -0.2) is 58.4 Å². The number of aromatic nitrogens is 2. The van der Waals surface area contributed by atoms with Gasteiger partial charge in [-0.3, -0.25) is 4.79 Å². The Hall–Kier alpha value is -3.66. The number of likely N-dealkylation sites (N-methyl/N-ethyl adjacent to an activating group) is 1. The zero-order chi connectivity index (χ0) is 26.8. The van der Waals surface area contributed by atoms with Gasteiger partial charge in [-0.2, -0.15) is 0 Å². The second kappa shape index (κ2) is 7.71. The third-order valence-corrected chi connectivity index (χ3v) is 9.72. The number of amides is 1. The van der Waals surface area contributed by atoms with Crippen LogP contribution in [0.15, 0.2) is 48.5 Å². The number of hydrogen-bond acceptors (Lipinski definition) is 4. The quantitative estimate of drug-likeness (QED) is 0.320. The summed E-state index contributed by atoms with van der Waals surface area (Å²) in [6.07, 6.45) is 0.0246. The standard InChI is InChI=1S/C30H29N5O3S/c1-30-27(37-4)20(33(3)29(39)31-2)13-21(38-30)34-18-11-7-5-9-15(18)23-24-17(14-32-28(24)36)22-16-10-6-8-12-19(16)35(30)26(22)25(23)34/h5-12,20-21,27H,13-14H2,1-4H3,(H,31,39)(H,32,36)/t20?,21-,27?,30+/m0/s1. The van der Waals surface area contributed by atoms with E-state index in [0.717, 1.165) is 54.7 Å². The summed E-state index contributed by atoms with van der Waals surface area (Å²) in [5.41, 5.74) is 5.22. The minimum atomic E-state index is -0.862. The fraction of sp³-hybridized carbons (Fsp3) is 0.333. The molecule has 8 nitrogen and oxygen atoms in total. The number of carbonyl (C=O) groups is 1. The molecule has 0 saturated carbocycles. The van der Waals surface area contributed by atoms with Gasteiger partial charge in [-0.15, -0.1) is 0 Å². The Kier molecular flexibility index (Phi) is 4.60. The molecule has 3 aliphatic rings. The highest BCUT2D eigenvalue weighted by Gasteiger charge is 2.54. The molecule has 0 aliphatic carbocycles. The van der Waals surface area contributed by atoms with Gasteiger partial charge < -0.3 is 34.1 Å². The Morgan fingerprint density at radius 1 is 1.13 bits per heavy atom. The molecule has 2 unspecified atom stereocenters. The monoisotopic (exact) mass is 539 g/mol. The van der Waals surface area contributed by atoms with E-state index in [1.165, 1.54) is 0 Å². The number of hydrogen-bond donors (Lipinski definition) is 2. The van der Waals surface area contributed by atoms with Crippen molar-refractivity contribution < 1.29 is 14.3 Å². The predicted molar refractivity (Wildman–Crippen MR) is 156 cm³/mol. The van der Waals surface area contributed by atoms with E-state index < -0.39 is 5.72 Å². The minimum absolute atomic E-state index is 0.0160. The lowest BCUT2D eigenvalue weighted by Gasteiger charge is -2.51. The third-order valence-electron chi connectivity index (χ3n) is 9.23. The van der Waals surface area contributed by atoms with E-state index in [1.807, 2.05) is 20.2 Å². The van der Waals surface area contributed by atoms with Gasteiger partial charge in [0.15, 0.2) is 10.8 Å². The first-order valence-corrected chi connectivity index (χ1v) is 13.8. The van der Waals surface area contributed by atoms with Crippen molar-refractivity contribution in [2.24, 2.45) is 0 Å². The van der Waals surface area contributed by atoms with Gasteiger partial charge in [0, 0.05) is 55.7 Å². The van der Waals surface area contributed by atoms with Crippen LogP contribution < -0.4 is 10.6 Å². The molecule has 3 aromatic carbocycles. The maximum Gasteiger partial charge on any atom is 0.252 e. The average Bonchev–Trinajstić information content (AvgIpc) is 3.59. The van der Waals surface area contributed by atoms with Gasteiger partial charge in [0.05, 0.1) is 33.7 Å². The first-order chi connectivity index (χ1) is 18.9. The summed E-state index contributed by atoms with van der Waals surface area (Å²) in [5.74, 6) is -0.0160. The minimum Gasteiger partial charge on any atom is -0.374 e. The Morgan fingerprint density at radius 2 is 1.82 bits per heavy atom. The molecule has 4 atom stereocenters. The molecule has 0 spiro atoms. The van der Waals surface area contributed by atoms with Crippen molar-refractivity contribution in [3.8, 4) is 0 Å². The van der Waals surface area contributed by atoms with Crippen molar-refractivity contribution in [3.63, 3.8) is 0 Å². The number of nitrogens with one attached hydrogen (secondary N) is 2. The van der Waals surface area contributed by atoms with E-state index >= 15 is 0 Å². The molecular weight excluding hydrogens is 510 g/mol. The maximum atomic E-state index is 13.5. The largest absolute Gasteiger partial charge is 0.374 e. The fourth-order valence-corrected chi connectivity index (χ4v) is 7.85. The highest BCUT2D eigenvalue weighted by atomic mass is 32.1. The van der Waals surface area contributed by atoms with E-state index in [-0.39, 0.29) is 24.3 Å². The second-order valence-electron chi connectivity index (χ2n) is 11.0. The molecular formula is C30H29N5O3S. The molecule has 1 amide bonds. The topological polar surface area (TPSA) is 72.7 Å². The van der Waals surface area contributed by atoms with Gasteiger partial charge in [0.25, 0.3) is 5.91 Å². The average molecular weight is 540 g/mol. The highest BCUT2D eigenvalue weighted by Crippen LogP contribution is 2.54. The molecule has 1 saturated heterocycles. The van der Waals surface area contributed by atoms with E-state index in [2.05, 4.69) is 74.1 Å². The molecule has 2 aromatic heterocycles. The van der Waals surface area contributed by atoms with Crippen LogP contribution in [0.5, 0.6) is 0 Å². The predicted octanol–water partition coefficient (Wildman–Crippen LogP) is 4.57. The summed E-state index contributed by atoms with van der Waals surface area (Å²) >= 11 is 5.71. The lowest BCUT2D eigenvalue weighted by Crippen LogP contribution is -2.62. The van der Waals surface area contributed by atoms with Crippen LogP contribution in [0, 0.1) is 0 Å². The normalized spacial score (nSPS) is 25.4. The van der Waals surface area contributed by atoms with Crippen LogP contribution in [0.4, 0.5) is 0 Å². The van der Waals surface area contributed by atoms with E-state index in [0.29, 0.717) is 18.1 Å². The van der Waals surface area contributed by atoms with E-state index in [1.54, 1.807) is 7.11 Å². The van der Waals surface area contributed by atoms with Crippen LogP contribution in [0.1, 0.15) is 35.5 Å². The van der Waals surface area contributed by atoms with Crippen molar-refractivity contribution in [1.29, 1.82) is 0 Å². The summed E-state index contributed by atoms with van der Waals surface area (Å²) in [7, 11) is 5.63. The number of benzene rings is 3. The van der Waals surface area contributed by atoms with Gasteiger partial charge in [0.2, 0.25) is 0 Å². The number of ether oxygens (including phenoxy) is 2. The van der Waals surface area contributed by atoms with Gasteiger partial charge in [-0.1, -0.05) is 36.4 Å². The molecule has 39 heavy (non-hydrogen) atoms. The number of thiocarbonyl (C=S) groups is 1. The first-order valence-electron chi connectivity index (χ1n) is 13.3. The van der Waals surface area contributed by atoms with Crippen molar-refractivity contribution in [2.75, 3.05) is 21.2 Å². The fourth-order valence-electron chi connectivity index (χ4n) is 7.72. The van der Waals surface area contributed by atoms with Gasteiger partial charge in [-0.25, -0.2) is 0 Å². The third kappa shape index (κ3) is 2.65. The summed E-state index contributed by atoms with van der Waals surface area (Å²) in [6.45, 7) is 2.64. The zero-order valence-electron chi connectivity index (χ0n) is 22.2. The van der Waals surface area contributed by atoms with Crippen molar-refractivity contribution in [2.45, 2.75) is 44.0 Å². The van der Waals surface area contributed by atoms with Crippen LogP contribution in [0.3, 0.4) is 0 Å². The molecule has 1 fully saturated rings. The second-order valence-corrected chi connectivity index (χ2v) is 11.4. The number of para-hydroxylation sites is 2. The molecule has 2 N–H and O–H groups in total. The number of rotatable bonds is 2. The van der Waals surface area contributed by atoms with Crippen LogP contribution in [-0.2, 0) is 21.7 Å². The van der Waals surface area contributed by atoms with Crippen LogP contribution in [0.25, 0.3) is 43.6 Å². The molecule has 9 heteroatoms. The molecule has 3 aliphatic heterocycles. The van der Waals surface area contributed by atoms with Crippen molar-refractivity contribution in [1.82, 2.24) is 24.7 Å². The molecule has 198 valence electrons. The Balaban J connectivity index is 1.62. The Morgan fingerprint density at radius 3 is 2.54 bits per heavy atom. The molecule has 0 radical (unpaired) electrons. The Bertz CT molecular complexity index is 1910. The van der Waals surface area contributed by atoms with Gasteiger partial charge in [-0.05, 0) is 36.8 Å². The van der Waals surface area contributed by atoms with Gasteiger partial charge >= 0.3 is 0 Å². The summed E-state index contributed by atoms with van der Waals surface area (Å²) in [4.78, 5) is 15.6. The van der Waals surface area contributed by atoms with Crippen molar-refractivity contribution in [3.05, 3.63) is 59.7 Å². The highest BCUT2D eigenvalue weighted by molar-refractivity contribution is 7.80. The summed E-state index contributed by atoms with van der Waals surface area (Å²) in [6, 6.07) is 16.7. The van der Waals surface area contributed by atoms with Crippen LogP contribution >= 0.6 is 12.2 Å². The van der Waals surface area contributed by atoms with E-state index in [4.69, 9.17) is 21.7 Å². The molecule has 5 aromatic rings. The number of carbonyl (C=O) groups excluding carboxylic acids is 1. The van der Waals surface area contributed by atoms with Crippen LogP contribution in [0.2, 0.25) is 0 Å². The zero-order valence-corrected chi connectivity index (χ0v) is 23.1. The number of nitrogens with zero attached hydrogens (tertiary/aromatic N) is 3. The molecule has 8 rings (SSSR count).